The summed E-state index contributed by atoms with van der Waals surface area (Å²) in [5.74, 6) is -1.27. The maximum Gasteiger partial charge on any atom is 0.291 e. The van der Waals surface area contributed by atoms with Crippen molar-refractivity contribution >= 4 is 23.4 Å². The first-order valence-electron chi connectivity index (χ1n) is 10.1. The lowest BCUT2D eigenvalue weighted by Crippen LogP contribution is -3.19. The molecule has 0 bridgehead atoms. The number of quaternary nitrogens is 1. The van der Waals surface area contributed by atoms with E-state index in [4.69, 9.17) is 0 Å². The first-order valence-corrected chi connectivity index (χ1v) is 10.1. The van der Waals surface area contributed by atoms with Crippen LogP contribution in [-0.4, -0.2) is 41.2 Å². The topological polar surface area (TPSA) is 70.9 Å². The molecular weight excluding hydrogens is 342 g/mol. The Balaban J connectivity index is 1.74. The lowest BCUT2D eigenvalue weighted by atomic mass is 9.75. The number of benzene rings is 1. The lowest BCUT2D eigenvalue weighted by molar-refractivity contribution is -0.948. The molecule has 1 spiro atoms. The second-order valence-corrected chi connectivity index (χ2v) is 8.64. The summed E-state index contributed by atoms with van der Waals surface area (Å²) < 4.78 is 0. The number of likely N-dealkylation sites (tertiary alicyclic amines) is 1. The van der Waals surface area contributed by atoms with Crippen LogP contribution in [0.4, 0.5) is 5.69 Å². The molecule has 2 N–H and O–H groups in total. The Labute approximate surface area is 158 Å². The van der Waals surface area contributed by atoms with Crippen molar-refractivity contribution in [1.29, 1.82) is 0 Å². The van der Waals surface area contributed by atoms with Gasteiger partial charge in [-0.1, -0.05) is 18.6 Å². The van der Waals surface area contributed by atoms with Crippen molar-refractivity contribution in [3.63, 3.8) is 0 Å². The van der Waals surface area contributed by atoms with E-state index in [0.717, 1.165) is 47.5 Å². The molecule has 6 nitrogen and oxygen atoms in total. The molecule has 27 heavy (non-hydrogen) atoms. The zero-order chi connectivity index (χ0) is 19.1. The van der Waals surface area contributed by atoms with E-state index in [1.807, 2.05) is 39.0 Å². The molecule has 1 aromatic carbocycles. The highest BCUT2D eigenvalue weighted by Gasteiger charge is 2.78. The summed E-state index contributed by atoms with van der Waals surface area (Å²) in [7, 11) is 0. The number of hydrogen-bond donors (Lipinski definition) is 2. The van der Waals surface area contributed by atoms with Gasteiger partial charge in [-0.05, 0) is 32.4 Å². The van der Waals surface area contributed by atoms with Crippen LogP contribution in [0.15, 0.2) is 18.2 Å². The summed E-state index contributed by atoms with van der Waals surface area (Å²) in [5.41, 5.74) is 1.82. The number of nitrogens with zero attached hydrogens (tertiary/aromatic N) is 1. The van der Waals surface area contributed by atoms with E-state index < -0.39 is 11.5 Å². The molecule has 0 aliphatic carbocycles. The van der Waals surface area contributed by atoms with E-state index in [2.05, 4.69) is 5.32 Å². The molecule has 0 radical (unpaired) electrons. The molecule has 0 aromatic heterocycles. The van der Waals surface area contributed by atoms with Gasteiger partial charge in [-0.2, -0.15) is 0 Å². The van der Waals surface area contributed by atoms with Crippen LogP contribution in [0.25, 0.3) is 0 Å². The van der Waals surface area contributed by atoms with Gasteiger partial charge in [-0.25, -0.2) is 0 Å². The second-order valence-electron chi connectivity index (χ2n) is 8.64. The predicted octanol–water partition coefficient (Wildman–Crippen LogP) is 0.603. The third-order valence-corrected chi connectivity index (χ3v) is 7.44. The monoisotopic (exact) mass is 368 g/mol. The molecule has 3 fully saturated rings. The van der Waals surface area contributed by atoms with Crippen molar-refractivity contribution in [2.24, 2.45) is 11.8 Å². The molecule has 1 unspecified atom stereocenters. The molecule has 4 aliphatic heterocycles. The summed E-state index contributed by atoms with van der Waals surface area (Å²) in [6.07, 6.45) is 2.62. The fourth-order valence-electron chi connectivity index (χ4n) is 6.21. The number of nitrogens with one attached hydrogen (secondary N) is 2. The Hall–Kier alpha value is -2.21. The van der Waals surface area contributed by atoms with Gasteiger partial charge in [-0.3, -0.25) is 19.3 Å². The van der Waals surface area contributed by atoms with Gasteiger partial charge in [0.05, 0.1) is 12.2 Å². The average molecular weight is 368 g/mol. The standard InChI is InChI=1S/C21H25N3O3/c1-4-12(3)24-18(25)16-15-6-5-9-23(15)21(17(16)19(24)26)13-10-11(2)7-8-14(13)22-20(21)27/h7-8,10,12,15-17H,4-6,9H2,1-3H3,(H,22,27)/p+1/t12-,15+,16-,17+,21-/m1/s1. The first-order chi connectivity index (χ1) is 12.9. The van der Waals surface area contributed by atoms with Crippen LogP contribution in [0.3, 0.4) is 0 Å². The number of hydrogen-bond acceptors (Lipinski definition) is 3. The Morgan fingerprint density at radius 3 is 2.81 bits per heavy atom. The van der Waals surface area contributed by atoms with Gasteiger partial charge in [0.25, 0.3) is 5.91 Å². The minimum Gasteiger partial charge on any atom is -0.320 e. The second kappa shape index (κ2) is 5.41. The molecule has 0 saturated carbocycles. The van der Waals surface area contributed by atoms with Crippen molar-refractivity contribution < 1.29 is 19.3 Å². The molecule has 3 amide bonds. The van der Waals surface area contributed by atoms with Gasteiger partial charge in [0.1, 0.15) is 17.9 Å². The van der Waals surface area contributed by atoms with Gasteiger partial charge in [0, 0.05) is 24.4 Å². The highest BCUT2D eigenvalue weighted by Crippen LogP contribution is 2.52. The van der Waals surface area contributed by atoms with E-state index in [1.54, 1.807) is 0 Å². The predicted molar refractivity (Wildman–Crippen MR) is 98.9 cm³/mol. The van der Waals surface area contributed by atoms with Gasteiger partial charge in [0.15, 0.2) is 0 Å². The van der Waals surface area contributed by atoms with Gasteiger partial charge < -0.3 is 10.2 Å². The Morgan fingerprint density at radius 2 is 2.07 bits per heavy atom. The Morgan fingerprint density at radius 1 is 1.30 bits per heavy atom. The van der Waals surface area contributed by atoms with Gasteiger partial charge >= 0.3 is 0 Å². The number of imide groups is 1. The molecule has 5 rings (SSSR count). The first kappa shape index (κ1) is 16.9. The molecule has 1 aromatic rings. The maximum absolute atomic E-state index is 13.5. The largest absolute Gasteiger partial charge is 0.320 e. The normalized spacial score (nSPS) is 37.6. The minimum absolute atomic E-state index is 0.0534. The fourth-order valence-corrected chi connectivity index (χ4v) is 6.21. The Kier molecular flexibility index (Phi) is 3.39. The summed E-state index contributed by atoms with van der Waals surface area (Å²) in [4.78, 5) is 42.9. The van der Waals surface area contributed by atoms with Crippen molar-refractivity contribution in [3.8, 4) is 0 Å². The number of fused-ring (bicyclic) bond motifs is 7. The lowest BCUT2D eigenvalue weighted by Gasteiger charge is -2.34. The number of amides is 3. The third-order valence-electron chi connectivity index (χ3n) is 7.44. The zero-order valence-electron chi connectivity index (χ0n) is 16.0. The van der Waals surface area contributed by atoms with Crippen LogP contribution >= 0.6 is 0 Å². The Bertz CT molecular complexity index is 881. The number of carbonyl (C=O) groups is 3. The van der Waals surface area contributed by atoms with Gasteiger partial charge in [-0.15, -0.1) is 0 Å². The SMILES string of the molecule is CC[C@@H](C)N1C(=O)[C@H]2[C@@H](C1=O)[C@]1(C(=O)Nc3ccc(C)cc31)[NH+]1CCC[C@@H]21. The quantitative estimate of drug-likeness (QED) is 0.751. The van der Waals surface area contributed by atoms with Crippen LogP contribution in [0.5, 0.6) is 0 Å². The molecular formula is C21H26N3O3+. The summed E-state index contributed by atoms with van der Waals surface area (Å²) in [6.45, 7) is 6.76. The van der Waals surface area contributed by atoms with Crippen molar-refractivity contribution in [2.75, 3.05) is 11.9 Å². The molecule has 142 valence electrons. The van der Waals surface area contributed by atoms with Crippen LogP contribution in [0.1, 0.15) is 44.2 Å². The smallest absolute Gasteiger partial charge is 0.291 e. The highest BCUT2D eigenvalue weighted by molar-refractivity contribution is 6.14. The number of carbonyl (C=O) groups excluding carboxylic acids is 3. The molecule has 6 heteroatoms. The van der Waals surface area contributed by atoms with Crippen molar-refractivity contribution in [1.82, 2.24) is 4.90 Å². The van der Waals surface area contributed by atoms with E-state index in [9.17, 15) is 14.4 Å². The molecule has 6 atom stereocenters. The van der Waals surface area contributed by atoms with E-state index in [0.29, 0.717) is 0 Å². The highest BCUT2D eigenvalue weighted by atomic mass is 16.2. The van der Waals surface area contributed by atoms with Crippen LogP contribution in [0, 0.1) is 18.8 Å². The van der Waals surface area contributed by atoms with E-state index >= 15 is 0 Å². The number of anilines is 1. The third kappa shape index (κ3) is 1.82. The van der Waals surface area contributed by atoms with Crippen molar-refractivity contribution in [2.45, 2.75) is 57.7 Å². The summed E-state index contributed by atoms with van der Waals surface area (Å²) in [6, 6.07) is 5.88. The van der Waals surface area contributed by atoms with Gasteiger partial charge in [0.2, 0.25) is 17.4 Å². The summed E-state index contributed by atoms with van der Waals surface area (Å²) >= 11 is 0. The fraction of sp³-hybridized carbons (Fsp3) is 0.571. The molecule has 4 aliphatic rings. The van der Waals surface area contributed by atoms with Crippen LogP contribution in [0.2, 0.25) is 0 Å². The van der Waals surface area contributed by atoms with E-state index in [1.165, 1.54) is 4.90 Å². The van der Waals surface area contributed by atoms with Crippen molar-refractivity contribution in [3.05, 3.63) is 29.3 Å². The number of aryl methyl sites for hydroxylation is 1. The average Bonchev–Trinajstić information content (AvgIpc) is 3.33. The van der Waals surface area contributed by atoms with Crippen LogP contribution < -0.4 is 10.2 Å². The molecule has 3 saturated heterocycles. The summed E-state index contributed by atoms with van der Waals surface area (Å²) in [5, 5.41) is 3.03. The van der Waals surface area contributed by atoms with Crippen LogP contribution in [-0.2, 0) is 19.9 Å². The zero-order valence-corrected chi connectivity index (χ0v) is 16.0. The number of rotatable bonds is 2. The maximum atomic E-state index is 13.5. The van der Waals surface area contributed by atoms with E-state index in [-0.39, 0.29) is 35.7 Å². The molecule has 4 heterocycles. The minimum atomic E-state index is -0.956.